The smallest absolute Gasteiger partial charge is 0.235 e. The molecule has 3 aliphatic rings. The van der Waals surface area contributed by atoms with Gasteiger partial charge in [0, 0.05) is 17.4 Å². The molecule has 2 unspecified atom stereocenters. The fraction of sp³-hybridized carbons (Fsp3) is 0.680. The number of thioether (sulfide) groups is 1. The molecule has 182 valence electrons. The molecule has 1 saturated carbocycles. The van der Waals surface area contributed by atoms with E-state index >= 15 is 0 Å². The summed E-state index contributed by atoms with van der Waals surface area (Å²) in [6.07, 6.45) is 7.66. The predicted molar refractivity (Wildman–Crippen MR) is 134 cm³/mol. The van der Waals surface area contributed by atoms with Crippen molar-refractivity contribution in [2.24, 2.45) is 11.3 Å². The van der Waals surface area contributed by atoms with Crippen LogP contribution in [0.15, 0.2) is 5.16 Å². The van der Waals surface area contributed by atoms with Gasteiger partial charge in [-0.3, -0.25) is 4.79 Å². The molecule has 2 aromatic heterocycles. The minimum Gasteiger partial charge on any atom is -0.376 e. The van der Waals surface area contributed by atoms with E-state index in [1.807, 2.05) is 0 Å². The van der Waals surface area contributed by atoms with Crippen molar-refractivity contribution in [1.29, 1.82) is 5.26 Å². The van der Waals surface area contributed by atoms with Crippen LogP contribution in [0.5, 0.6) is 0 Å². The Morgan fingerprint density at radius 1 is 1.29 bits per heavy atom. The van der Waals surface area contributed by atoms with Gasteiger partial charge in [0.15, 0.2) is 5.16 Å². The van der Waals surface area contributed by atoms with Gasteiger partial charge in [0.05, 0.1) is 24.0 Å². The Morgan fingerprint density at radius 3 is 2.79 bits per heavy atom. The number of hydrogen-bond acceptors (Lipinski definition) is 7. The van der Waals surface area contributed by atoms with E-state index in [0.717, 1.165) is 74.6 Å². The number of anilines is 1. The first-order valence-electron chi connectivity index (χ1n) is 12.4. The first-order valence-corrected chi connectivity index (χ1v) is 14.2. The summed E-state index contributed by atoms with van der Waals surface area (Å²) in [4.78, 5) is 14.1. The monoisotopic (exact) mass is 499 g/mol. The Labute approximate surface area is 209 Å². The van der Waals surface area contributed by atoms with Gasteiger partial charge in [-0.15, -0.1) is 21.5 Å². The molecule has 0 aromatic carbocycles. The third-order valence-corrected chi connectivity index (χ3v) is 9.42. The van der Waals surface area contributed by atoms with Crippen molar-refractivity contribution < 1.29 is 9.53 Å². The van der Waals surface area contributed by atoms with Crippen LogP contribution in [0.4, 0.5) is 5.00 Å². The highest BCUT2D eigenvalue weighted by molar-refractivity contribution is 7.99. The minimum atomic E-state index is -0.105. The summed E-state index contributed by atoms with van der Waals surface area (Å²) in [6, 6.07) is 2.36. The number of rotatable bonds is 7. The number of carbonyl (C=O) groups is 1. The molecule has 9 heteroatoms. The third-order valence-electron chi connectivity index (χ3n) is 7.29. The summed E-state index contributed by atoms with van der Waals surface area (Å²) in [7, 11) is 0. The molecular weight excluding hydrogens is 466 g/mol. The summed E-state index contributed by atoms with van der Waals surface area (Å²) in [5, 5.41) is 23.2. The maximum absolute atomic E-state index is 12.9. The number of hydrogen-bond donors (Lipinski definition) is 1. The van der Waals surface area contributed by atoms with E-state index in [0.29, 0.717) is 22.4 Å². The number of amides is 1. The summed E-state index contributed by atoms with van der Waals surface area (Å²) in [6.45, 7) is 8.43. The van der Waals surface area contributed by atoms with Crippen LogP contribution in [-0.4, -0.2) is 39.1 Å². The lowest BCUT2D eigenvalue weighted by Gasteiger charge is -2.33. The molecule has 1 N–H and O–H groups in total. The van der Waals surface area contributed by atoms with Crippen LogP contribution in [0.25, 0.3) is 0 Å². The number of nitrogens with one attached hydrogen (secondary N) is 1. The first kappa shape index (κ1) is 23.8. The Morgan fingerprint density at radius 2 is 2.12 bits per heavy atom. The van der Waals surface area contributed by atoms with Crippen LogP contribution in [0.3, 0.4) is 0 Å². The summed E-state index contributed by atoms with van der Waals surface area (Å²) >= 11 is 3.00. The Hall–Kier alpha value is -1.89. The second-order valence-electron chi connectivity index (χ2n) is 10.8. The van der Waals surface area contributed by atoms with Crippen LogP contribution in [-0.2, 0) is 28.9 Å². The quantitative estimate of drug-likeness (QED) is 0.530. The van der Waals surface area contributed by atoms with Gasteiger partial charge in [-0.1, -0.05) is 32.5 Å². The standard InChI is InChI=1S/C25H33N5O2S2/c1-25(2,3)16-8-9-18-19(12-26)23(34-20(18)11-16)27-21(31)14-33-24-29-28-22(15-6-7-15)30(24)13-17-5-4-10-32-17/h15-17H,4-11,13-14H2,1-3H3,(H,27,31). The number of nitrogens with zero attached hydrogens (tertiary/aromatic N) is 4. The Balaban J connectivity index is 1.25. The molecule has 2 aromatic rings. The van der Waals surface area contributed by atoms with Gasteiger partial charge in [-0.25, -0.2) is 0 Å². The molecule has 2 atom stereocenters. The lowest BCUT2D eigenvalue weighted by molar-refractivity contribution is -0.113. The van der Waals surface area contributed by atoms with Gasteiger partial charge in [0.1, 0.15) is 16.9 Å². The SMILES string of the molecule is CC(C)(C)C1CCc2c(sc(NC(=O)CSc3nnc(C4CC4)n3CC3CCCO3)c2C#N)C1. The molecule has 2 fully saturated rings. The van der Waals surface area contributed by atoms with Crippen LogP contribution in [0, 0.1) is 22.7 Å². The largest absolute Gasteiger partial charge is 0.376 e. The molecule has 0 spiro atoms. The first-order chi connectivity index (χ1) is 16.3. The summed E-state index contributed by atoms with van der Waals surface area (Å²) in [5.41, 5.74) is 2.04. The topological polar surface area (TPSA) is 92.8 Å². The molecule has 1 aliphatic heterocycles. The second kappa shape index (κ2) is 9.63. The molecule has 1 amide bonds. The lowest BCUT2D eigenvalue weighted by atomic mass is 9.72. The average molecular weight is 500 g/mol. The molecule has 0 radical (unpaired) electrons. The van der Waals surface area contributed by atoms with Gasteiger partial charge in [0.2, 0.25) is 5.91 Å². The highest BCUT2D eigenvalue weighted by Crippen LogP contribution is 2.44. The van der Waals surface area contributed by atoms with Crippen molar-refractivity contribution in [2.45, 2.75) is 89.4 Å². The van der Waals surface area contributed by atoms with Crippen LogP contribution in [0.2, 0.25) is 0 Å². The van der Waals surface area contributed by atoms with Crippen molar-refractivity contribution in [2.75, 3.05) is 17.7 Å². The van der Waals surface area contributed by atoms with E-state index < -0.39 is 0 Å². The zero-order chi connectivity index (χ0) is 23.9. The number of fused-ring (bicyclic) bond motifs is 1. The van der Waals surface area contributed by atoms with E-state index in [1.54, 1.807) is 11.3 Å². The Bertz CT molecular complexity index is 1100. The summed E-state index contributed by atoms with van der Waals surface area (Å²) < 4.78 is 8.01. The molecule has 2 aliphatic carbocycles. The number of carbonyl (C=O) groups excluding carboxylic acids is 1. The van der Waals surface area contributed by atoms with Crippen molar-refractivity contribution >= 4 is 34.0 Å². The Kier molecular flexibility index (Phi) is 6.75. The third kappa shape index (κ3) is 5.05. The average Bonchev–Trinajstić information content (AvgIpc) is 3.20. The van der Waals surface area contributed by atoms with Crippen molar-refractivity contribution in [3.05, 3.63) is 21.8 Å². The number of thiophene rings is 1. The zero-order valence-corrected chi connectivity index (χ0v) is 21.9. The number of ether oxygens (including phenoxy) is 1. The summed E-state index contributed by atoms with van der Waals surface area (Å²) in [5.74, 6) is 2.26. The van der Waals surface area contributed by atoms with Crippen LogP contribution < -0.4 is 5.32 Å². The zero-order valence-electron chi connectivity index (χ0n) is 20.2. The van der Waals surface area contributed by atoms with E-state index in [2.05, 4.69) is 46.9 Å². The fourth-order valence-electron chi connectivity index (χ4n) is 5.04. The maximum atomic E-state index is 12.9. The molecule has 0 bridgehead atoms. The minimum absolute atomic E-state index is 0.105. The lowest BCUT2D eigenvalue weighted by Crippen LogP contribution is -2.26. The van der Waals surface area contributed by atoms with Gasteiger partial charge in [0.25, 0.3) is 0 Å². The van der Waals surface area contributed by atoms with Gasteiger partial charge in [-0.05, 0) is 61.8 Å². The number of aromatic nitrogens is 3. The van der Waals surface area contributed by atoms with Gasteiger partial charge in [-0.2, -0.15) is 5.26 Å². The normalized spacial score (nSPS) is 22.4. The fourth-order valence-corrected chi connectivity index (χ4v) is 7.09. The van der Waals surface area contributed by atoms with E-state index in [-0.39, 0.29) is 23.2 Å². The number of nitriles is 1. The molecule has 5 rings (SSSR count). The highest BCUT2D eigenvalue weighted by Gasteiger charge is 2.33. The van der Waals surface area contributed by atoms with Crippen molar-refractivity contribution in [3.8, 4) is 6.07 Å². The highest BCUT2D eigenvalue weighted by atomic mass is 32.2. The molecular formula is C25H33N5O2S2. The molecule has 3 heterocycles. The molecule has 7 nitrogen and oxygen atoms in total. The predicted octanol–water partition coefficient (Wildman–Crippen LogP) is 5.15. The van der Waals surface area contributed by atoms with Crippen LogP contribution in [0.1, 0.15) is 80.6 Å². The molecule has 1 saturated heterocycles. The van der Waals surface area contributed by atoms with Gasteiger partial charge < -0.3 is 14.6 Å². The van der Waals surface area contributed by atoms with Crippen LogP contribution >= 0.6 is 23.1 Å². The van der Waals surface area contributed by atoms with E-state index in [9.17, 15) is 10.1 Å². The van der Waals surface area contributed by atoms with Crippen molar-refractivity contribution in [3.63, 3.8) is 0 Å². The van der Waals surface area contributed by atoms with Crippen molar-refractivity contribution in [1.82, 2.24) is 14.8 Å². The second-order valence-corrected chi connectivity index (χ2v) is 12.9. The van der Waals surface area contributed by atoms with Gasteiger partial charge >= 0.3 is 0 Å². The molecule has 34 heavy (non-hydrogen) atoms. The van der Waals surface area contributed by atoms with E-state index in [4.69, 9.17) is 4.74 Å². The maximum Gasteiger partial charge on any atom is 0.235 e. The van der Waals surface area contributed by atoms with E-state index in [1.165, 1.54) is 16.6 Å².